The maximum atomic E-state index is 12.3. The number of rotatable bonds is 4. The summed E-state index contributed by atoms with van der Waals surface area (Å²) in [5.41, 5.74) is 0.998. The van der Waals surface area contributed by atoms with E-state index in [9.17, 15) is 9.59 Å². The number of amides is 2. The molecule has 0 aromatic heterocycles. The third-order valence-electron chi connectivity index (χ3n) is 4.63. The highest BCUT2D eigenvalue weighted by Crippen LogP contribution is 2.34. The lowest BCUT2D eigenvalue weighted by Gasteiger charge is -2.34. The Bertz CT molecular complexity index is 605. The zero-order chi connectivity index (χ0) is 16.3. The highest BCUT2D eigenvalue weighted by molar-refractivity contribution is 8.00. The van der Waals surface area contributed by atoms with Crippen molar-refractivity contribution < 1.29 is 9.59 Å². The summed E-state index contributed by atoms with van der Waals surface area (Å²) >= 11 is 1.53. The molecular formula is C17H24ClN3O2S. The number of nitrogens with zero attached hydrogens (tertiary/aromatic N) is 1. The van der Waals surface area contributed by atoms with Gasteiger partial charge in [-0.05, 0) is 43.5 Å². The average Bonchev–Trinajstić information content (AvgIpc) is 2.56. The summed E-state index contributed by atoms with van der Waals surface area (Å²) in [7, 11) is 0. The Morgan fingerprint density at radius 2 is 2.04 bits per heavy atom. The first-order chi connectivity index (χ1) is 11.1. The molecular weight excluding hydrogens is 346 g/mol. The van der Waals surface area contributed by atoms with Crippen LogP contribution in [-0.4, -0.2) is 43.7 Å². The largest absolute Gasteiger partial charge is 0.354 e. The van der Waals surface area contributed by atoms with Gasteiger partial charge < -0.3 is 15.5 Å². The fraction of sp³-hybridized carbons (Fsp3) is 0.529. The molecule has 2 amide bonds. The lowest BCUT2D eigenvalue weighted by molar-refractivity contribution is -0.123. The van der Waals surface area contributed by atoms with Crippen molar-refractivity contribution >= 4 is 41.7 Å². The number of halogens is 1. The van der Waals surface area contributed by atoms with Crippen LogP contribution in [0.4, 0.5) is 5.69 Å². The van der Waals surface area contributed by atoms with Crippen LogP contribution in [0, 0.1) is 5.41 Å². The molecule has 0 spiro atoms. The molecule has 1 fully saturated rings. The molecule has 5 nitrogen and oxygen atoms in total. The van der Waals surface area contributed by atoms with E-state index in [4.69, 9.17) is 0 Å². The molecule has 1 aromatic rings. The minimum Gasteiger partial charge on any atom is -0.354 e. The van der Waals surface area contributed by atoms with E-state index in [0.29, 0.717) is 12.3 Å². The Morgan fingerprint density at radius 3 is 2.79 bits per heavy atom. The zero-order valence-corrected chi connectivity index (χ0v) is 15.5. The Labute approximate surface area is 153 Å². The number of benzene rings is 1. The third kappa shape index (κ3) is 4.43. The maximum Gasteiger partial charge on any atom is 0.240 e. The van der Waals surface area contributed by atoms with Crippen molar-refractivity contribution in [3.05, 3.63) is 24.3 Å². The number of thioether (sulfide) groups is 1. The van der Waals surface area contributed by atoms with Gasteiger partial charge in [0.1, 0.15) is 6.54 Å². The van der Waals surface area contributed by atoms with Crippen molar-refractivity contribution in [1.29, 1.82) is 0 Å². The smallest absolute Gasteiger partial charge is 0.240 e. The number of hydrogen-bond acceptors (Lipinski definition) is 4. The van der Waals surface area contributed by atoms with Crippen LogP contribution in [-0.2, 0) is 9.59 Å². The van der Waals surface area contributed by atoms with E-state index in [1.807, 2.05) is 24.3 Å². The molecule has 0 saturated carbocycles. The molecule has 24 heavy (non-hydrogen) atoms. The van der Waals surface area contributed by atoms with Crippen molar-refractivity contribution in [1.82, 2.24) is 10.6 Å². The van der Waals surface area contributed by atoms with Crippen LogP contribution in [0.5, 0.6) is 0 Å². The summed E-state index contributed by atoms with van der Waals surface area (Å²) in [6.45, 7) is 4.99. The minimum atomic E-state index is -0.0835. The number of nitrogens with one attached hydrogen (secondary N) is 2. The lowest BCUT2D eigenvalue weighted by Crippen LogP contribution is -2.47. The van der Waals surface area contributed by atoms with E-state index < -0.39 is 0 Å². The molecule has 2 N–H and O–H groups in total. The van der Waals surface area contributed by atoms with Crippen LogP contribution in [0.15, 0.2) is 29.2 Å². The first-order valence-corrected chi connectivity index (χ1v) is 9.06. The van der Waals surface area contributed by atoms with Gasteiger partial charge in [0, 0.05) is 11.4 Å². The molecule has 2 aliphatic heterocycles. The number of para-hydroxylation sites is 1. The Balaban J connectivity index is 0.00000208. The number of piperidine rings is 1. The van der Waals surface area contributed by atoms with Gasteiger partial charge in [-0.1, -0.05) is 19.1 Å². The van der Waals surface area contributed by atoms with Crippen LogP contribution >= 0.6 is 24.2 Å². The fourth-order valence-electron chi connectivity index (χ4n) is 3.05. The third-order valence-corrected chi connectivity index (χ3v) is 5.68. The van der Waals surface area contributed by atoms with Gasteiger partial charge in [-0.3, -0.25) is 9.59 Å². The highest BCUT2D eigenvalue weighted by atomic mass is 35.5. The normalized spacial score (nSPS) is 19.2. The summed E-state index contributed by atoms with van der Waals surface area (Å²) in [6.07, 6.45) is 2.13. The molecule has 0 radical (unpaired) electrons. The zero-order valence-electron chi connectivity index (χ0n) is 13.8. The Kier molecular flexibility index (Phi) is 6.54. The molecule has 132 valence electrons. The van der Waals surface area contributed by atoms with Crippen molar-refractivity contribution in [3.8, 4) is 0 Å². The summed E-state index contributed by atoms with van der Waals surface area (Å²) in [6, 6.07) is 7.75. The average molecular weight is 370 g/mol. The van der Waals surface area contributed by atoms with E-state index in [1.165, 1.54) is 11.8 Å². The molecule has 3 rings (SSSR count). The summed E-state index contributed by atoms with van der Waals surface area (Å²) < 4.78 is 0. The summed E-state index contributed by atoms with van der Waals surface area (Å²) in [5, 5.41) is 6.37. The topological polar surface area (TPSA) is 61.4 Å². The monoisotopic (exact) mass is 369 g/mol. The predicted molar refractivity (Wildman–Crippen MR) is 100.0 cm³/mol. The van der Waals surface area contributed by atoms with Crippen molar-refractivity contribution in [2.75, 3.05) is 36.8 Å². The van der Waals surface area contributed by atoms with E-state index in [1.54, 1.807) is 4.90 Å². The van der Waals surface area contributed by atoms with Crippen molar-refractivity contribution in [3.63, 3.8) is 0 Å². The minimum absolute atomic E-state index is 0. The molecule has 0 unspecified atom stereocenters. The summed E-state index contributed by atoms with van der Waals surface area (Å²) in [5.74, 6) is 0.310. The molecule has 7 heteroatoms. The van der Waals surface area contributed by atoms with Crippen molar-refractivity contribution in [2.45, 2.75) is 24.7 Å². The fourth-order valence-corrected chi connectivity index (χ4v) is 3.98. The van der Waals surface area contributed by atoms with Crippen LogP contribution in [0.1, 0.15) is 19.8 Å². The summed E-state index contributed by atoms with van der Waals surface area (Å²) in [4.78, 5) is 27.2. The predicted octanol–water partition coefficient (Wildman–Crippen LogP) is 2.05. The quantitative estimate of drug-likeness (QED) is 0.852. The second kappa shape index (κ2) is 8.23. The second-order valence-corrected chi connectivity index (χ2v) is 7.59. The molecule has 1 saturated heterocycles. The Hall–Kier alpha value is -1.24. The van der Waals surface area contributed by atoms with Gasteiger partial charge in [0.25, 0.3) is 0 Å². The number of anilines is 1. The SMILES string of the molecule is CC1(CNC(=O)CN2C(=O)CSc3ccccc32)CCNCC1.Cl. The molecule has 0 atom stereocenters. The number of fused-ring (bicyclic) bond motifs is 1. The van der Waals surface area contributed by atoms with E-state index >= 15 is 0 Å². The Morgan fingerprint density at radius 1 is 1.33 bits per heavy atom. The van der Waals surface area contributed by atoms with Gasteiger partial charge >= 0.3 is 0 Å². The van der Waals surface area contributed by atoms with E-state index in [-0.39, 0.29) is 36.2 Å². The van der Waals surface area contributed by atoms with E-state index in [0.717, 1.165) is 36.5 Å². The van der Waals surface area contributed by atoms with Gasteiger partial charge in [-0.25, -0.2) is 0 Å². The molecule has 1 aromatic carbocycles. The highest BCUT2D eigenvalue weighted by Gasteiger charge is 2.29. The number of carbonyl (C=O) groups is 2. The van der Waals surface area contributed by atoms with Gasteiger partial charge in [0.15, 0.2) is 0 Å². The molecule has 2 aliphatic rings. The van der Waals surface area contributed by atoms with E-state index in [2.05, 4.69) is 17.6 Å². The lowest BCUT2D eigenvalue weighted by atomic mass is 9.81. The molecule has 2 heterocycles. The molecule has 0 aliphatic carbocycles. The van der Waals surface area contributed by atoms with Crippen LogP contribution in [0.3, 0.4) is 0 Å². The first kappa shape index (κ1) is 19.1. The number of hydrogen-bond donors (Lipinski definition) is 2. The number of carbonyl (C=O) groups excluding carboxylic acids is 2. The van der Waals surface area contributed by atoms with Gasteiger partial charge in [-0.2, -0.15) is 0 Å². The second-order valence-electron chi connectivity index (χ2n) is 6.57. The molecule has 0 bridgehead atoms. The maximum absolute atomic E-state index is 12.3. The van der Waals surface area contributed by atoms with Crippen LogP contribution in [0.25, 0.3) is 0 Å². The van der Waals surface area contributed by atoms with Crippen LogP contribution in [0.2, 0.25) is 0 Å². The van der Waals surface area contributed by atoms with Crippen molar-refractivity contribution in [2.24, 2.45) is 5.41 Å². The standard InChI is InChI=1S/C17H23N3O2S.ClH/c1-17(6-8-18-9-7-17)12-19-15(21)10-20-13-4-2-3-5-14(13)23-11-16(20)22;/h2-5,18H,6-12H2,1H3,(H,19,21);1H. The van der Waals surface area contributed by atoms with Crippen LogP contribution < -0.4 is 15.5 Å². The van der Waals surface area contributed by atoms with Gasteiger partial charge in [-0.15, -0.1) is 24.2 Å². The van der Waals surface area contributed by atoms with Gasteiger partial charge in [0.2, 0.25) is 11.8 Å². The first-order valence-electron chi connectivity index (χ1n) is 8.07. The van der Waals surface area contributed by atoms with Gasteiger partial charge in [0.05, 0.1) is 11.4 Å².